The number of hydrogen-bond donors (Lipinski definition) is 2. The van der Waals surface area contributed by atoms with E-state index in [1.165, 1.54) is 30.6 Å². The Bertz CT molecular complexity index is 1100. The van der Waals surface area contributed by atoms with Crippen LogP contribution in [-0.4, -0.2) is 46.8 Å². The molecule has 1 aromatic carbocycles. The van der Waals surface area contributed by atoms with Crippen LogP contribution in [0.3, 0.4) is 0 Å². The molecule has 1 aliphatic heterocycles. The van der Waals surface area contributed by atoms with Crippen molar-refractivity contribution >= 4 is 17.5 Å². The highest BCUT2D eigenvalue weighted by molar-refractivity contribution is 6.01. The van der Waals surface area contributed by atoms with Gasteiger partial charge in [0.2, 0.25) is 5.91 Å². The number of benzene rings is 1. The maximum Gasteiger partial charge on any atom is 0.268 e. The number of nitrogens with one attached hydrogen (secondary N) is 2. The highest BCUT2D eigenvalue weighted by Gasteiger charge is 2.47. The molecule has 2 heterocycles. The summed E-state index contributed by atoms with van der Waals surface area (Å²) in [4.78, 5) is 29.9. The van der Waals surface area contributed by atoms with Gasteiger partial charge in [0.25, 0.3) is 11.8 Å². The number of nitriles is 1. The number of alkyl halides is 2. The summed E-state index contributed by atoms with van der Waals surface area (Å²) in [6.45, 7) is -1.36. The van der Waals surface area contributed by atoms with E-state index in [9.17, 15) is 22.8 Å². The van der Waals surface area contributed by atoms with Crippen molar-refractivity contribution in [1.29, 1.82) is 5.26 Å². The van der Waals surface area contributed by atoms with Crippen LogP contribution in [0.2, 0.25) is 0 Å². The van der Waals surface area contributed by atoms with Crippen LogP contribution in [0.4, 0.5) is 18.9 Å². The Morgan fingerprint density at radius 1 is 1.31 bits per heavy atom. The summed E-state index contributed by atoms with van der Waals surface area (Å²) in [7, 11) is 0. The van der Waals surface area contributed by atoms with Gasteiger partial charge in [-0.1, -0.05) is 6.07 Å². The highest BCUT2D eigenvalue weighted by Crippen LogP contribution is 2.35. The van der Waals surface area contributed by atoms with Gasteiger partial charge in [0.15, 0.2) is 0 Å². The van der Waals surface area contributed by atoms with Crippen molar-refractivity contribution in [3.05, 3.63) is 59.2 Å². The normalized spacial score (nSPS) is 21.0. The number of hydrogen-bond acceptors (Lipinski definition) is 5. The second-order valence-electron chi connectivity index (χ2n) is 7.91. The van der Waals surface area contributed by atoms with Crippen LogP contribution in [0.5, 0.6) is 0 Å². The number of anilines is 1. The first kappa shape index (κ1) is 21.6. The van der Waals surface area contributed by atoms with Crippen molar-refractivity contribution in [3.8, 4) is 6.07 Å². The second kappa shape index (κ2) is 8.49. The predicted octanol–water partition coefficient (Wildman–Crippen LogP) is 2.81. The van der Waals surface area contributed by atoms with Gasteiger partial charge >= 0.3 is 0 Å². The number of nitrogens with zero attached hydrogens (tertiary/aromatic N) is 3. The molecule has 2 atom stereocenters. The molecule has 0 radical (unpaired) electrons. The summed E-state index contributed by atoms with van der Waals surface area (Å²) in [5, 5.41) is 14.7. The van der Waals surface area contributed by atoms with Crippen LogP contribution in [0, 0.1) is 17.1 Å². The molecule has 166 valence electrons. The molecule has 2 aliphatic rings. The fourth-order valence-corrected chi connectivity index (χ4v) is 4.18. The molecule has 2 amide bonds. The minimum Gasteiger partial charge on any atom is -0.376 e. The Balaban J connectivity index is 1.43. The lowest BCUT2D eigenvalue weighted by molar-refractivity contribution is -0.131. The summed E-state index contributed by atoms with van der Waals surface area (Å²) in [5.74, 6) is -4.76. The second-order valence-corrected chi connectivity index (χ2v) is 7.91. The third kappa shape index (κ3) is 4.37. The molecule has 0 spiro atoms. The zero-order valence-electron chi connectivity index (χ0n) is 16.9. The average Bonchev–Trinajstić information content (AvgIpc) is 3.31. The molecule has 1 aliphatic carbocycles. The summed E-state index contributed by atoms with van der Waals surface area (Å²) >= 11 is 0. The topological polar surface area (TPSA) is 98.1 Å². The van der Waals surface area contributed by atoms with Crippen LogP contribution < -0.4 is 10.6 Å². The van der Waals surface area contributed by atoms with E-state index in [0.717, 1.165) is 16.0 Å². The molecular weight excluding hydrogens is 423 g/mol. The fraction of sp³-hybridized carbons (Fsp3) is 0.364. The van der Waals surface area contributed by atoms with Gasteiger partial charge in [-0.25, -0.2) is 13.2 Å². The van der Waals surface area contributed by atoms with Gasteiger partial charge in [0.1, 0.15) is 11.9 Å². The van der Waals surface area contributed by atoms with Gasteiger partial charge in [0, 0.05) is 12.6 Å². The van der Waals surface area contributed by atoms with E-state index in [1.807, 2.05) is 0 Å². The first-order chi connectivity index (χ1) is 15.3. The van der Waals surface area contributed by atoms with E-state index in [0.29, 0.717) is 18.5 Å². The molecule has 1 aromatic heterocycles. The van der Waals surface area contributed by atoms with Crippen LogP contribution in [0.25, 0.3) is 0 Å². The van der Waals surface area contributed by atoms with Crippen LogP contribution >= 0.6 is 0 Å². The van der Waals surface area contributed by atoms with E-state index in [-0.39, 0.29) is 17.4 Å². The Morgan fingerprint density at radius 2 is 2.12 bits per heavy atom. The zero-order chi connectivity index (χ0) is 22.9. The number of aromatic nitrogens is 1. The molecule has 4 rings (SSSR count). The monoisotopic (exact) mass is 443 g/mol. The lowest BCUT2D eigenvalue weighted by atomic mass is 10.1. The van der Waals surface area contributed by atoms with Crippen LogP contribution in [0.1, 0.15) is 40.4 Å². The smallest absolute Gasteiger partial charge is 0.268 e. The molecule has 0 bridgehead atoms. The SMILES string of the molecule is N#C[C@@H]1CC(F)(F)CN1C(=O)CNC(=O)c1ccncc1NC1CCc2cc(F)ccc21. The molecule has 7 nitrogen and oxygen atoms in total. The van der Waals surface area contributed by atoms with Gasteiger partial charge < -0.3 is 15.5 Å². The minimum absolute atomic E-state index is 0.133. The number of amides is 2. The lowest BCUT2D eigenvalue weighted by Crippen LogP contribution is -2.43. The number of carbonyl (C=O) groups is 2. The van der Waals surface area contributed by atoms with Crippen molar-refractivity contribution in [2.75, 3.05) is 18.4 Å². The van der Waals surface area contributed by atoms with E-state index < -0.39 is 43.3 Å². The fourth-order valence-electron chi connectivity index (χ4n) is 4.18. The van der Waals surface area contributed by atoms with Gasteiger partial charge in [-0.3, -0.25) is 14.6 Å². The number of fused-ring (bicyclic) bond motifs is 1. The van der Waals surface area contributed by atoms with Gasteiger partial charge in [-0.2, -0.15) is 5.26 Å². The molecule has 1 saturated heterocycles. The van der Waals surface area contributed by atoms with Crippen molar-refractivity contribution < 1.29 is 22.8 Å². The summed E-state index contributed by atoms with van der Waals surface area (Å²) in [6, 6.07) is 6.42. The van der Waals surface area contributed by atoms with E-state index in [1.54, 1.807) is 12.1 Å². The number of aryl methyl sites for hydroxylation is 1. The Morgan fingerprint density at radius 3 is 2.91 bits per heavy atom. The van der Waals surface area contributed by atoms with Gasteiger partial charge in [0.05, 0.1) is 42.6 Å². The van der Waals surface area contributed by atoms with Gasteiger partial charge in [-0.05, 0) is 42.2 Å². The first-order valence-corrected chi connectivity index (χ1v) is 10.1. The van der Waals surface area contributed by atoms with E-state index in [4.69, 9.17) is 5.26 Å². The van der Waals surface area contributed by atoms with Gasteiger partial charge in [-0.15, -0.1) is 0 Å². The third-order valence-electron chi connectivity index (χ3n) is 5.72. The molecule has 1 unspecified atom stereocenters. The number of likely N-dealkylation sites (tertiary alicyclic amines) is 1. The molecular formula is C22H20F3N5O2. The highest BCUT2D eigenvalue weighted by atomic mass is 19.3. The van der Waals surface area contributed by atoms with Crippen molar-refractivity contribution in [3.63, 3.8) is 0 Å². The maximum atomic E-state index is 13.6. The Kier molecular flexibility index (Phi) is 5.74. The molecule has 32 heavy (non-hydrogen) atoms. The molecule has 10 heteroatoms. The van der Waals surface area contributed by atoms with Crippen LogP contribution in [-0.2, 0) is 11.2 Å². The van der Waals surface area contributed by atoms with Crippen molar-refractivity contribution in [1.82, 2.24) is 15.2 Å². The molecule has 0 saturated carbocycles. The van der Waals surface area contributed by atoms with Crippen molar-refractivity contribution in [2.45, 2.75) is 37.3 Å². The number of rotatable bonds is 5. The largest absolute Gasteiger partial charge is 0.376 e. The van der Waals surface area contributed by atoms with E-state index >= 15 is 0 Å². The number of pyridine rings is 1. The average molecular weight is 443 g/mol. The third-order valence-corrected chi connectivity index (χ3v) is 5.72. The molecule has 2 aromatic rings. The number of carbonyl (C=O) groups excluding carboxylic acids is 2. The van der Waals surface area contributed by atoms with Crippen LogP contribution in [0.15, 0.2) is 36.7 Å². The standard InChI is InChI=1S/C22H20F3N5O2/c23-14-2-3-16-13(7-14)1-4-18(16)29-19-10-27-6-5-17(19)21(32)28-11-20(31)30-12-22(24,25)8-15(30)9-26/h2-3,5-7,10,15,18,29H,1,4,8,11-12H2,(H,28,32)/t15-,18?/m0/s1. The molecule has 2 N–H and O–H groups in total. The first-order valence-electron chi connectivity index (χ1n) is 10.1. The summed E-state index contributed by atoms with van der Waals surface area (Å²) in [5.41, 5.74) is 2.50. The molecule has 1 fully saturated rings. The summed E-state index contributed by atoms with van der Waals surface area (Å²) < 4.78 is 40.6. The van der Waals surface area contributed by atoms with E-state index in [2.05, 4.69) is 15.6 Å². The zero-order valence-corrected chi connectivity index (χ0v) is 16.9. The predicted molar refractivity (Wildman–Crippen MR) is 108 cm³/mol. The maximum absolute atomic E-state index is 13.6. The Hall–Kier alpha value is -3.61. The minimum atomic E-state index is -3.12. The lowest BCUT2D eigenvalue weighted by Gasteiger charge is -2.20. The van der Waals surface area contributed by atoms with Crippen molar-refractivity contribution in [2.24, 2.45) is 0 Å². The summed E-state index contributed by atoms with van der Waals surface area (Å²) in [6.07, 6.45) is 3.60. The Labute approximate surface area is 182 Å². The quantitative estimate of drug-likeness (QED) is 0.741. The number of halogens is 3.